The third-order valence-electron chi connectivity index (χ3n) is 2.45. The van der Waals surface area contributed by atoms with E-state index in [-0.39, 0.29) is 9.92 Å². The maximum atomic E-state index is 10.6. The Hall–Kier alpha value is -2.21. The molecule has 3 aromatic rings. The fourth-order valence-corrected chi connectivity index (χ4v) is 2.48. The van der Waals surface area contributed by atoms with Crippen molar-refractivity contribution in [2.75, 3.05) is 0 Å². The van der Waals surface area contributed by atoms with E-state index in [1.54, 1.807) is 12.4 Å². The van der Waals surface area contributed by atoms with Crippen LogP contribution in [0.15, 0.2) is 42.7 Å². The molecule has 0 N–H and O–H groups in total. The van der Waals surface area contributed by atoms with Gasteiger partial charge in [-0.15, -0.1) is 0 Å². The second kappa shape index (κ2) is 3.67. The number of benzene rings is 1. The van der Waals surface area contributed by atoms with E-state index in [0.29, 0.717) is 0 Å². The maximum Gasteiger partial charge on any atom is 0.326 e. The van der Waals surface area contributed by atoms with E-state index in [2.05, 4.69) is 4.98 Å². The normalized spacial score (nSPS) is 10.8. The van der Waals surface area contributed by atoms with Crippen LogP contribution in [0.2, 0.25) is 0 Å². The maximum absolute atomic E-state index is 10.6. The zero-order valence-corrected chi connectivity index (χ0v) is 9.42. The monoisotopic (exact) mass is 245 g/mol. The summed E-state index contributed by atoms with van der Waals surface area (Å²) in [6, 6.07) is 10.9. The molecule has 0 fully saturated rings. The van der Waals surface area contributed by atoms with E-state index in [9.17, 15) is 10.1 Å². The molecule has 0 aliphatic rings. The molecule has 0 saturated heterocycles. The van der Waals surface area contributed by atoms with Gasteiger partial charge in [0.1, 0.15) is 11.3 Å². The first kappa shape index (κ1) is 9.98. The van der Waals surface area contributed by atoms with Gasteiger partial charge in [0, 0.05) is 6.07 Å². The van der Waals surface area contributed by atoms with Gasteiger partial charge >= 0.3 is 5.00 Å². The number of imidazole rings is 1. The van der Waals surface area contributed by atoms with Crippen molar-refractivity contribution < 1.29 is 4.92 Å². The van der Waals surface area contributed by atoms with E-state index >= 15 is 0 Å². The van der Waals surface area contributed by atoms with Crippen LogP contribution >= 0.6 is 11.3 Å². The largest absolute Gasteiger partial charge is 0.326 e. The third kappa shape index (κ3) is 1.58. The van der Waals surface area contributed by atoms with Gasteiger partial charge in [-0.05, 0) is 29.5 Å². The Morgan fingerprint density at radius 2 is 2.06 bits per heavy atom. The van der Waals surface area contributed by atoms with Crippen molar-refractivity contribution >= 4 is 27.4 Å². The van der Waals surface area contributed by atoms with Crippen LogP contribution in [0.4, 0.5) is 5.00 Å². The number of para-hydroxylation sites is 2. The highest BCUT2D eigenvalue weighted by atomic mass is 32.1. The highest BCUT2D eigenvalue weighted by Gasteiger charge is 2.12. The van der Waals surface area contributed by atoms with Gasteiger partial charge in [-0.2, -0.15) is 0 Å². The van der Waals surface area contributed by atoms with Gasteiger partial charge < -0.3 is 0 Å². The van der Waals surface area contributed by atoms with Crippen LogP contribution < -0.4 is 0 Å². The van der Waals surface area contributed by atoms with Crippen LogP contribution in [0, 0.1) is 10.1 Å². The van der Waals surface area contributed by atoms with Crippen LogP contribution in [0.5, 0.6) is 0 Å². The molecule has 0 radical (unpaired) electrons. The Kier molecular flexibility index (Phi) is 2.15. The van der Waals surface area contributed by atoms with Crippen molar-refractivity contribution in [2.45, 2.75) is 0 Å². The van der Waals surface area contributed by atoms with Gasteiger partial charge in [0.2, 0.25) is 0 Å². The summed E-state index contributed by atoms with van der Waals surface area (Å²) in [7, 11) is 0. The third-order valence-corrected chi connectivity index (χ3v) is 3.48. The minimum absolute atomic E-state index is 0.137. The van der Waals surface area contributed by atoms with E-state index in [4.69, 9.17) is 0 Å². The Morgan fingerprint density at radius 1 is 1.24 bits per heavy atom. The fraction of sp³-hybridized carbons (Fsp3) is 0. The molecule has 5 nitrogen and oxygen atoms in total. The highest BCUT2D eigenvalue weighted by Crippen LogP contribution is 2.29. The summed E-state index contributed by atoms with van der Waals surface area (Å²) < 4.78 is 1.85. The number of hydrogen-bond acceptors (Lipinski definition) is 4. The van der Waals surface area contributed by atoms with Crippen LogP contribution in [0.3, 0.4) is 0 Å². The van der Waals surface area contributed by atoms with Gasteiger partial charge in [0.25, 0.3) is 0 Å². The number of hydrogen-bond donors (Lipinski definition) is 0. The van der Waals surface area contributed by atoms with Crippen molar-refractivity contribution in [3.05, 3.63) is 52.8 Å². The zero-order valence-electron chi connectivity index (χ0n) is 8.61. The quantitative estimate of drug-likeness (QED) is 0.515. The van der Waals surface area contributed by atoms with Crippen molar-refractivity contribution in [3.63, 3.8) is 0 Å². The molecule has 0 spiro atoms. The lowest BCUT2D eigenvalue weighted by atomic mass is 10.3. The topological polar surface area (TPSA) is 61.0 Å². The molecule has 2 heterocycles. The predicted octanol–water partition coefficient (Wildman–Crippen LogP) is 3.00. The van der Waals surface area contributed by atoms with Crippen LogP contribution in [0.25, 0.3) is 16.0 Å². The second-order valence-corrected chi connectivity index (χ2v) is 4.51. The lowest BCUT2D eigenvalue weighted by Crippen LogP contribution is -1.86. The average molecular weight is 245 g/mol. The number of nitro groups is 1. The zero-order chi connectivity index (χ0) is 11.8. The van der Waals surface area contributed by atoms with Crippen molar-refractivity contribution in [2.24, 2.45) is 0 Å². The average Bonchev–Trinajstić information content (AvgIpc) is 2.95. The molecule has 6 heteroatoms. The summed E-state index contributed by atoms with van der Waals surface area (Å²) in [6.45, 7) is 0. The van der Waals surface area contributed by atoms with E-state index in [1.165, 1.54) is 6.07 Å². The smallest absolute Gasteiger partial charge is 0.290 e. The van der Waals surface area contributed by atoms with Crippen molar-refractivity contribution in [1.82, 2.24) is 9.55 Å². The molecule has 1 aromatic carbocycles. The molecule has 0 unspecified atom stereocenters. The number of nitrogens with zero attached hydrogens (tertiary/aromatic N) is 3. The molecule has 2 aromatic heterocycles. The molecule has 0 aliphatic carbocycles. The Morgan fingerprint density at radius 3 is 2.82 bits per heavy atom. The second-order valence-electron chi connectivity index (χ2n) is 3.47. The molecular weight excluding hydrogens is 238 g/mol. The minimum atomic E-state index is -0.382. The Balaban J connectivity index is 2.17. The van der Waals surface area contributed by atoms with Crippen LogP contribution in [-0.2, 0) is 0 Å². The number of aromatic nitrogens is 2. The summed E-state index contributed by atoms with van der Waals surface area (Å²) in [5.41, 5.74) is 1.83. The Labute approximate surface area is 100 Å². The van der Waals surface area contributed by atoms with Crippen LogP contribution in [-0.4, -0.2) is 14.5 Å². The van der Waals surface area contributed by atoms with E-state index in [1.807, 2.05) is 28.8 Å². The molecule has 0 atom stereocenters. The Bertz CT molecular complexity index is 701. The van der Waals surface area contributed by atoms with Gasteiger partial charge in [-0.25, -0.2) is 4.98 Å². The van der Waals surface area contributed by atoms with Gasteiger partial charge in [-0.3, -0.25) is 14.7 Å². The first-order chi connectivity index (χ1) is 8.25. The molecule has 17 heavy (non-hydrogen) atoms. The summed E-state index contributed by atoms with van der Waals surface area (Å²) in [5.74, 6) is 0. The molecule has 0 saturated carbocycles. The van der Waals surface area contributed by atoms with Gasteiger partial charge in [0.05, 0.1) is 16.0 Å². The molecular formula is C11H7N3O2S. The van der Waals surface area contributed by atoms with Crippen LogP contribution in [0.1, 0.15) is 0 Å². The number of thiophene rings is 1. The summed E-state index contributed by atoms with van der Waals surface area (Å²) >= 11 is 1.14. The SMILES string of the molecule is O=[N+]([O-])c1ccc(-n2cnc3ccccc32)s1. The van der Waals surface area contributed by atoms with E-state index in [0.717, 1.165) is 27.4 Å². The fourth-order valence-electron chi connectivity index (χ4n) is 1.68. The molecule has 0 aliphatic heterocycles. The molecule has 0 amide bonds. The molecule has 3 rings (SSSR count). The number of rotatable bonds is 2. The first-order valence-corrected chi connectivity index (χ1v) is 5.74. The van der Waals surface area contributed by atoms with Crippen molar-refractivity contribution in [3.8, 4) is 5.00 Å². The summed E-state index contributed by atoms with van der Waals surface area (Å²) in [4.78, 5) is 14.5. The summed E-state index contributed by atoms with van der Waals surface area (Å²) in [6.07, 6.45) is 1.68. The van der Waals surface area contributed by atoms with E-state index < -0.39 is 0 Å². The summed E-state index contributed by atoms with van der Waals surface area (Å²) in [5, 5.41) is 11.6. The molecule has 84 valence electrons. The highest BCUT2D eigenvalue weighted by molar-refractivity contribution is 7.17. The minimum Gasteiger partial charge on any atom is -0.290 e. The molecule has 0 bridgehead atoms. The standard InChI is InChI=1S/C11H7N3O2S/c15-14(16)11-6-5-10(17-11)13-7-12-8-3-1-2-4-9(8)13/h1-7H. The van der Waals surface area contributed by atoms with Gasteiger partial charge in [0.15, 0.2) is 0 Å². The van der Waals surface area contributed by atoms with Gasteiger partial charge in [-0.1, -0.05) is 12.1 Å². The number of fused-ring (bicyclic) bond motifs is 1. The lowest BCUT2D eigenvalue weighted by Gasteiger charge is -1.98. The lowest BCUT2D eigenvalue weighted by molar-refractivity contribution is -0.380. The van der Waals surface area contributed by atoms with Crippen molar-refractivity contribution in [1.29, 1.82) is 0 Å². The first-order valence-electron chi connectivity index (χ1n) is 4.92. The predicted molar refractivity (Wildman–Crippen MR) is 65.6 cm³/mol.